The van der Waals surface area contributed by atoms with E-state index in [0.29, 0.717) is 0 Å². The van der Waals surface area contributed by atoms with Crippen LogP contribution in [0, 0.1) is 0 Å². The Labute approximate surface area is 152 Å². The van der Waals surface area contributed by atoms with Crippen LogP contribution in [-0.2, 0) is 19.7 Å². The molecule has 0 saturated carbocycles. The van der Waals surface area contributed by atoms with Crippen LogP contribution in [0.5, 0.6) is 0 Å². The zero-order chi connectivity index (χ0) is 19.1. The fraction of sp³-hybridized carbons (Fsp3) is 0.300. The summed E-state index contributed by atoms with van der Waals surface area (Å²) in [6.07, 6.45) is 3.54. The maximum absolute atomic E-state index is 12.5. The first-order chi connectivity index (χ1) is 12.2. The molecule has 6 nitrogen and oxygen atoms in total. The Morgan fingerprint density at radius 3 is 2.58 bits per heavy atom. The highest BCUT2D eigenvalue weighted by Gasteiger charge is 2.41. The van der Waals surface area contributed by atoms with Gasteiger partial charge in [-0.25, -0.2) is 0 Å². The Bertz CT molecular complexity index is 939. The van der Waals surface area contributed by atoms with Gasteiger partial charge in [0.1, 0.15) is 5.70 Å². The topological polar surface area (TPSA) is 83.2 Å². The number of rotatable bonds is 4. The third kappa shape index (κ3) is 2.82. The van der Waals surface area contributed by atoms with Gasteiger partial charge < -0.3 is 20.4 Å². The maximum atomic E-state index is 12.5. The van der Waals surface area contributed by atoms with Crippen molar-refractivity contribution in [2.24, 2.45) is 0 Å². The number of ether oxygens (including phenoxy) is 1. The molecule has 1 aromatic carbocycles. The van der Waals surface area contributed by atoms with Crippen LogP contribution in [0.25, 0.3) is 17.0 Å². The number of aromatic nitrogens is 1. The summed E-state index contributed by atoms with van der Waals surface area (Å²) < 4.78 is 5.12. The predicted molar refractivity (Wildman–Crippen MR) is 101 cm³/mol. The van der Waals surface area contributed by atoms with Gasteiger partial charge in [-0.1, -0.05) is 38.1 Å². The first kappa shape index (κ1) is 17.9. The highest BCUT2D eigenvalue weighted by atomic mass is 16.5. The van der Waals surface area contributed by atoms with Gasteiger partial charge >= 0.3 is 0 Å². The van der Waals surface area contributed by atoms with Gasteiger partial charge in [-0.05, 0) is 19.1 Å². The molecule has 1 saturated heterocycles. The van der Waals surface area contributed by atoms with Crippen molar-refractivity contribution in [1.82, 2.24) is 15.6 Å². The fourth-order valence-electron chi connectivity index (χ4n) is 2.95. The minimum atomic E-state index is -1.38. The quantitative estimate of drug-likeness (QED) is 0.583. The van der Waals surface area contributed by atoms with Crippen molar-refractivity contribution in [3.63, 3.8) is 0 Å². The molecule has 1 atom stereocenters. The molecule has 1 aromatic heterocycles. The van der Waals surface area contributed by atoms with Crippen LogP contribution in [0.2, 0.25) is 0 Å². The molecule has 1 aliphatic rings. The lowest BCUT2D eigenvalue weighted by atomic mass is 9.86. The first-order valence-electron chi connectivity index (χ1n) is 8.37. The lowest BCUT2D eigenvalue weighted by Crippen LogP contribution is -2.63. The molecule has 2 aromatic rings. The Balaban J connectivity index is 2.15. The molecule has 3 N–H and O–H groups in total. The Hall–Kier alpha value is -2.86. The molecule has 0 bridgehead atoms. The summed E-state index contributed by atoms with van der Waals surface area (Å²) in [4.78, 5) is 28.2. The molecule has 136 valence electrons. The summed E-state index contributed by atoms with van der Waals surface area (Å²) in [5.41, 5.74) is 1.17. The summed E-state index contributed by atoms with van der Waals surface area (Å²) in [7, 11) is 1.37. The van der Waals surface area contributed by atoms with Gasteiger partial charge in [0.05, 0.1) is 0 Å². The van der Waals surface area contributed by atoms with Gasteiger partial charge in [-0.2, -0.15) is 0 Å². The van der Waals surface area contributed by atoms with E-state index in [4.69, 9.17) is 4.74 Å². The zero-order valence-electron chi connectivity index (χ0n) is 15.4. The second-order valence-corrected chi connectivity index (χ2v) is 7.09. The lowest BCUT2D eigenvalue weighted by Gasteiger charge is -2.33. The number of piperazine rings is 1. The Kier molecular flexibility index (Phi) is 4.24. The van der Waals surface area contributed by atoms with Crippen LogP contribution in [-0.4, -0.2) is 29.6 Å². The van der Waals surface area contributed by atoms with Crippen LogP contribution < -0.4 is 10.6 Å². The van der Waals surface area contributed by atoms with E-state index >= 15 is 0 Å². The number of hydrogen-bond acceptors (Lipinski definition) is 3. The summed E-state index contributed by atoms with van der Waals surface area (Å²) >= 11 is 0. The van der Waals surface area contributed by atoms with Crippen LogP contribution >= 0.6 is 0 Å². The average molecular weight is 353 g/mol. The Morgan fingerprint density at radius 2 is 1.92 bits per heavy atom. The number of fused-ring (bicyclic) bond motifs is 1. The molecule has 1 unspecified atom stereocenters. The number of aromatic amines is 1. The molecule has 6 heteroatoms. The van der Waals surface area contributed by atoms with Crippen molar-refractivity contribution >= 4 is 28.8 Å². The number of nitrogens with one attached hydrogen (secondary N) is 3. The van der Waals surface area contributed by atoms with Crippen molar-refractivity contribution in [2.45, 2.75) is 31.9 Å². The molecular formula is C20H23N3O3. The van der Waals surface area contributed by atoms with E-state index in [1.54, 1.807) is 6.08 Å². The fourth-order valence-corrected chi connectivity index (χ4v) is 2.95. The summed E-state index contributed by atoms with van der Waals surface area (Å²) in [6.45, 7) is 9.50. The number of hydrogen-bond donors (Lipinski definition) is 3. The Morgan fingerprint density at radius 1 is 1.23 bits per heavy atom. The van der Waals surface area contributed by atoms with E-state index in [2.05, 4.69) is 22.2 Å². The SMILES string of the molecule is C=CC(C)(C)c1[nH]c2ccccc2c1/C=C1\NC(=O)C(C)(OC)NC1=O. The first-order valence-corrected chi connectivity index (χ1v) is 8.37. The monoisotopic (exact) mass is 353 g/mol. The molecule has 1 fully saturated rings. The number of para-hydroxylation sites is 1. The number of carbonyl (C=O) groups is 2. The smallest absolute Gasteiger partial charge is 0.277 e. The standard InChI is InChI=1S/C20H23N3O3/c1-6-19(2,3)16-13(12-9-7-8-10-14(12)21-16)11-15-17(24)23-20(4,26-5)18(25)22-15/h6-11,21H,1H2,2-5H3,(H,22,25)(H,23,24)/b15-11-. The largest absolute Gasteiger partial charge is 0.357 e. The molecule has 0 aliphatic carbocycles. The second kappa shape index (κ2) is 6.14. The molecule has 0 radical (unpaired) electrons. The van der Waals surface area contributed by atoms with Gasteiger partial charge in [-0.3, -0.25) is 9.59 Å². The van der Waals surface area contributed by atoms with Gasteiger partial charge in [0.15, 0.2) is 0 Å². The minimum absolute atomic E-state index is 0.176. The van der Waals surface area contributed by atoms with Crippen LogP contribution in [0.3, 0.4) is 0 Å². The molecule has 3 rings (SSSR count). The van der Waals surface area contributed by atoms with E-state index < -0.39 is 17.5 Å². The van der Waals surface area contributed by atoms with E-state index in [1.807, 2.05) is 44.2 Å². The molecule has 2 amide bonds. The number of allylic oxidation sites excluding steroid dienone is 1. The third-order valence-electron chi connectivity index (χ3n) is 4.88. The summed E-state index contributed by atoms with van der Waals surface area (Å²) in [6, 6.07) is 7.83. The predicted octanol–water partition coefficient (Wildman–Crippen LogP) is 2.58. The van der Waals surface area contributed by atoms with E-state index in [-0.39, 0.29) is 11.1 Å². The van der Waals surface area contributed by atoms with Crippen molar-refractivity contribution in [3.05, 3.63) is 53.9 Å². The summed E-state index contributed by atoms with van der Waals surface area (Å²) in [5.74, 6) is -0.822. The maximum Gasteiger partial charge on any atom is 0.277 e. The normalized spacial score (nSPS) is 22.4. The van der Waals surface area contributed by atoms with E-state index in [9.17, 15) is 9.59 Å². The van der Waals surface area contributed by atoms with Crippen LogP contribution in [0.1, 0.15) is 32.0 Å². The average Bonchev–Trinajstić information content (AvgIpc) is 2.99. The molecular weight excluding hydrogens is 330 g/mol. The van der Waals surface area contributed by atoms with Gasteiger partial charge in [-0.15, -0.1) is 6.58 Å². The van der Waals surface area contributed by atoms with Crippen molar-refractivity contribution < 1.29 is 14.3 Å². The molecule has 2 heterocycles. The number of carbonyl (C=O) groups excluding carboxylic acids is 2. The van der Waals surface area contributed by atoms with Crippen molar-refractivity contribution in [1.29, 1.82) is 0 Å². The van der Waals surface area contributed by atoms with E-state index in [0.717, 1.165) is 22.2 Å². The van der Waals surface area contributed by atoms with Crippen LogP contribution in [0.15, 0.2) is 42.6 Å². The van der Waals surface area contributed by atoms with Crippen molar-refractivity contribution in [2.75, 3.05) is 7.11 Å². The number of H-pyrrole nitrogens is 1. The van der Waals surface area contributed by atoms with Gasteiger partial charge in [0, 0.05) is 34.7 Å². The molecule has 1 aliphatic heterocycles. The van der Waals surface area contributed by atoms with Crippen LogP contribution in [0.4, 0.5) is 0 Å². The van der Waals surface area contributed by atoms with Gasteiger partial charge in [0.2, 0.25) is 5.72 Å². The highest BCUT2D eigenvalue weighted by molar-refractivity contribution is 6.09. The number of amides is 2. The summed E-state index contributed by atoms with van der Waals surface area (Å²) in [5, 5.41) is 6.22. The van der Waals surface area contributed by atoms with Crippen molar-refractivity contribution in [3.8, 4) is 0 Å². The number of methoxy groups -OCH3 is 1. The van der Waals surface area contributed by atoms with E-state index in [1.165, 1.54) is 14.0 Å². The van der Waals surface area contributed by atoms with Gasteiger partial charge in [0.25, 0.3) is 11.8 Å². The minimum Gasteiger partial charge on any atom is -0.357 e. The lowest BCUT2D eigenvalue weighted by molar-refractivity contribution is -0.153. The highest BCUT2D eigenvalue weighted by Crippen LogP contribution is 2.34. The molecule has 0 spiro atoms. The number of benzene rings is 1. The molecule has 26 heavy (non-hydrogen) atoms. The zero-order valence-corrected chi connectivity index (χ0v) is 15.4. The third-order valence-corrected chi connectivity index (χ3v) is 4.88. The second-order valence-electron chi connectivity index (χ2n) is 7.09.